The van der Waals surface area contributed by atoms with E-state index in [9.17, 15) is 13.2 Å². The van der Waals surface area contributed by atoms with Gasteiger partial charge in [-0.15, -0.1) is 9.19 Å². The number of esters is 1. The number of carbonyl (C=O) groups excluding carboxylic acids is 1. The molecule has 2 aromatic carbocycles. The summed E-state index contributed by atoms with van der Waals surface area (Å²) in [5.74, 6) is -1.00. The van der Waals surface area contributed by atoms with Gasteiger partial charge in [0.1, 0.15) is 5.82 Å². The van der Waals surface area contributed by atoms with Crippen LogP contribution in [0.1, 0.15) is 15.9 Å². The van der Waals surface area contributed by atoms with Crippen LogP contribution in [-0.4, -0.2) is 23.6 Å². The second-order valence-corrected chi connectivity index (χ2v) is 7.09. The number of hydrogen-bond acceptors (Lipinski definition) is 6. The molecular weight excluding hydrogens is 342 g/mol. The van der Waals surface area contributed by atoms with Crippen LogP contribution in [0.3, 0.4) is 0 Å². The van der Waals surface area contributed by atoms with Crippen molar-refractivity contribution in [2.24, 2.45) is 0 Å². The van der Waals surface area contributed by atoms with E-state index in [1.807, 2.05) is 6.92 Å². The number of hydrogen-bond donors (Lipinski definition) is 1. The van der Waals surface area contributed by atoms with E-state index in [4.69, 9.17) is 10.5 Å². The Morgan fingerprint density at radius 2 is 1.72 bits per heavy atom. The van der Waals surface area contributed by atoms with Crippen LogP contribution < -0.4 is 10.5 Å². The van der Waals surface area contributed by atoms with Gasteiger partial charge in [0.2, 0.25) is 5.88 Å². The molecule has 0 spiro atoms. The molecule has 0 aliphatic rings. The van der Waals surface area contributed by atoms with Crippen LogP contribution in [0.15, 0.2) is 65.6 Å². The zero-order valence-corrected chi connectivity index (χ0v) is 14.1. The maximum Gasteiger partial charge on any atom is 0.344 e. The largest absolute Gasteiger partial charge is 0.402 e. The highest BCUT2D eigenvalue weighted by atomic mass is 32.2. The van der Waals surface area contributed by atoms with Gasteiger partial charge in [-0.25, -0.2) is 4.79 Å². The Morgan fingerprint density at radius 1 is 1.08 bits per heavy atom. The number of carbonyl (C=O) groups is 1. The summed E-state index contributed by atoms with van der Waals surface area (Å²) in [5.41, 5.74) is 7.05. The fourth-order valence-electron chi connectivity index (χ4n) is 2.14. The number of aromatic nitrogens is 2. The summed E-state index contributed by atoms with van der Waals surface area (Å²) >= 11 is 0. The Morgan fingerprint density at radius 3 is 2.36 bits per heavy atom. The summed E-state index contributed by atoms with van der Waals surface area (Å²) in [4.78, 5) is 12.1. The molecule has 7 nitrogen and oxygen atoms in total. The number of ether oxygens (including phenoxy) is 1. The van der Waals surface area contributed by atoms with Gasteiger partial charge in [0.15, 0.2) is 0 Å². The third kappa shape index (κ3) is 3.38. The first kappa shape index (κ1) is 16.7. The van der Waals surface area contributed by atoms with Crippen molar-refractivity contribution in [3.8, 4) is 5.88 Å². The second kappa shape index (κ2) is 6.40. The quantitative estimate of drug-likeness (QED) is 0.718. The molecule has 0 unspecified atom stereocenters. The van der Waals surface area contributed by atoms with Crippen molar-refractivity contribution in [1.29, 1.82) is 0 Å². The molecule has 1 aromatic heterocycles. The van der Waals surface area contributed by atoms with Gasteiger partial charge in [-0.3, -0.25) is 0 Å². The molecule has 3 aromatic rings. The molecule has 0 bridgehead atoms. The van der Waals surface area contributed by atoms with Crippen LogP contribution in [-0.2, 0) is 10.0 Å². The van der Waals surface area contributed by atoms with Crippen molar-refractivity contribution < 1.29 is 17.9 Å². The van der Waals surface area contributed by atoms with Gasteiger partial charge < -0.3 is 10.5 Å². The Balaban J connectivity index is 1.88. The molecule has 128 valence electrons. The predicted molar refractivity (Wildman–Crippen MR) is 91.8 cm³/mol. The highest BCUT2D eigenvalue weighted by Crippen LogP contribution is 2.21. The number of nitrogens with zero attached hydrogens (tertiary/aromatic N) is 2. The zero-order chi connectivity index (χ0) is 18.0. The monoisotopic (exact) mass is 357 g/mol. The molecule has 25 heavy (non-hydrogen) atoms. The normalized spacial score (nSPS) is 11.2. The molecule has 0 saturated carbocycles. The highest BCUT2D eigenvalue weighted by molar-refractivity contribution is 7.90. The van der Waals surface area contributed by atoms with E-state index in [0.717, 1.165) is 5.56 Å². The standard InChI is InChI=1S/C17H15N3O4S/c1-12-7-9-13(10-8-12)17(21)24-16-11-15(18)20(19-16)25(22,23)14-5-3-2-4-6-14/h2-11H,18H2,1H3. The van der Waals surface area contributed by atoms with Gasteiger partial charge in [-0.1, -0.05) is 35.9 Å². The number of anilines is 1. The summed E-state index contributed by atoms with van der Waals surface area (Å²) in [6.07, 6.45) is 0. The molecular formula is C17H15N3O4S. The van der Waals surface area contributed by atoms with Gasteiger partial charge in [0.25, 0.3) is 10.0 Å². The maximum atomic E-state index is 12.5. The molecule has 0 fully saturated rings. The molecule has 0 aliphatic carbocycles. The zero-order valence-electron chi connectivity index (χ0n) is 13.3. The molecule has 0 aliphatic heterocycles. The molecule has 2 N–H and O–H groups in total. The van der Waals surface area contributed by atoms with Gasteiger partial charge in [-0.2, -0.15) is 8.42 Å². The minimum Gasteiger partial charge on any atom is -0.402 e. The molecule has 0 radical (unpaired) electrons. The lowest BCUT2D eigenvalue weighted by atomic mass is 10.1. The minimum atomic E-state index is -3.97. The lowest BCUT2D eigenvalue weighted by Crippen LogP contribution is -2.17. The third-order valence-electron chi connectivity index (χ3n) is 3.43. The minimum absolute atomic E-state index is 0.0289. The SMILES string of the molecule is Cc1ccc(C(=O)Oc2cc(N)n(S(=O)(=O)c3ccccc3)n2)cc1. The molecule has 0 saturated heterocycles. The van der Waals surface area contributed by atoms with Gasteiger partial charge in [0.05, 0.1) is 10.5 Å². The number of nitrogen functional groups attached to an aromatic ring is 1. The number of aryl methyl sites for hydroxylation is 1. The fourth-order valence-corrected chi connectivity index (χ4v) is 3.36. The maximum absolute atomic E-state index is 12.5. The molecule has 0 atom stereocenters. The van der Waals surface area contributed by atoms with Crippen LogP contribution in [0.4, 0.5) is 5.82 Å². The van der Waals surface area contributed by atoms with Crippen molar-refractivity contribution in [2.75, 3.05) is 5.73 Å². The fraction of sp³-hybridized carbons (Fsp3) is 0.0588. The Labute approximate surface area is 144 Å². The number of benzene rings is 2. The van der Waals surface area contributed by atoms with Crippen molar-refractivity contribution in [2.45, 2.75) is 11.8 Å². The van der Waals surface area contributed by atoms with Crippen LogP contribution in [0, 0.1) is 6.92 Å². The molecule has 0 amide bonds. The van der Waals surface area contributed by atoms with Gasteiger partial charge in [0, 0.05) is 6.07 Å². The smallest absolute Gasteiger partial charge is 0.344 e. The van der Waals surface area contributed by atoms with Gasteiger partial charge >= 0.3 is 5.97 Å². The molecule has 3 rings (SSSR count). The van der Waals surface area contributed by atoms with E-state index in [1.165, 1.54) is 18.2 Å². The number of nitrogens with two attached hydrogens (primary N) is 1. The predicted octanol–water partition coefficient (Wildman–Crippen LogP) is 2.23. The van der Waals surface area contributed by atoms with Crippen molar-refractivity contribution in [3.63, 3.8) is 0 Å². The summed E-state index contributed by atoms with van der Waals surface area (Å²) in [7, 11) is -3.97. The molecule has 8 heteroatoms. The Hall–Kier alpha value is -3.13. The van der Waals surface area contributed by atoms with Crippen LogP contribution in [0.2, 0.25) is 0 Å². The Kier molecular flexibility index (Phi) is 4.28. The lowest BCUT2D eigenvalue weighted by molar-refractivity contribution is 0.0727. The van der Waals surface area contributed by atoms with E-state index in [0.29, 0.717) is 9.65 Å². The third-order valence-corrected chi connectivity index (χ3v) is 5.05. The van der Waals surface area contributed by atoms with Crippen LogP contribution >= 0.6 is 0 Å². The first-order chi connectivity index (χ1) is 11.9. The van der Waals surface area contributed by atoms with E-state index in [-0.39, 0.29) is 16.6 Å². The van der Waals surface area contributed by atoms with Crippen molar-refractivity contribution in [1.82, 2.24) is 9.19 Å². The summed E-state index contributed by atoms with van der Waals surface area (Å²) in [6.45, 7) is 1.89. The van der Waals surface area contributed by atoms with E-state index < -0.39 is 16.0 Å². The average Bonchev–Trinajstić information content (AvgIpc) is 2.97. The summed E-state index contributed by atoms with van der Waals surface area (Å²) < 4.78 is 30.8. The van der Waals surface area contributed by atoms with Crippen LogP contribution in [0.25, 0.3) is 0 Å². The highest BCUT2D eigenvalue weighted by Gasteiger charge is 2.22. The van der Waals surface area contributed by atoms with Crippen LogP contribution in [0.5, 0.6) is 5.88 Å². The van der Waals surface area contributed by atoms with E-state index in [1.54, 1.807) is 42.5 Å². The summed E-state index contributed by atoms with van der Waals surface area (Å²) in [5, 5.41) is 3.80. The first-order valence-corrected chi connectivity index (χ1v) is 8.77. The Bertz CT molecular complexity index is 1010. The van der Waals surface area contributed by atoms with Crippen molar-refractivity contribution >= 4 is 21.8 Å². The second-order valence-electron chi connectivity index (χ2n) is 5.32. The average molecular weight is 357 g/mol. The van der Waals surface area contributed by atoms with E-state index in [2.05, 4.69) is 5.10 Å². The molecule has 1 heterocycles. The van der Waals surface area contributed by atoms with Crippen molar-refractivity contribution in [3.05, 3.63) is 71.8 Å². The van der Waals surface area contributed by atoms with E-state index >= 15 is 0 Å². The summed E-state index contributed by atoms with van der Waals surface area (Å²) in [6, 6.07) is 15.7. The topological polar surface area (TPSA) is 104 Å². The number of rotatable bonds is 4. The lowest BCUT2D eigenvalue weighted by Gasteiger charge is -2.05. The first-order valence-electron chi connectivity index (χ1n) is 7.33. The van der Waals surface area contributed by atoms with Gasteiger partial charge in [-0.05, 0) is 31.2 Å².